The molecule has 0 atom stereocenters. The van der Waals surface area contributed by atoms with E-state index in [1.54, 1.807) is 0 Å². The zero-order chi connectivity index (χ0) is 8.20. The predicted molar refractivity (Wildman–Crippen MR) is 50.9 cm³/mol. The van der Waals surface area contributed by atoms with Gasteiger partial charge in [0.2, 0.25) is 0 Å². The molecule has 0 bridgehead atoms. The van der Waals surface area contributed by atoms with Gasteiger partial charge in [-0.25, -0.2) is 0 Å². The molecule has 0 aromatic rings. The Morgan fingerprint density at radius 1 is 1.20 bits per heavy atom. The second kappa shape index (κ2) is 3.83. The fourth-order valence-electron chi connectivity index (χ4n) is 0.520. The van der Waals surface area contributed by atoms with Gasteiger partial charge in [0, 0.05) is 5.92 Å². The predicted octanol–water partition coefficient (Wildman–Crippen LogP) is 1.99. The van der Waals surface area contributed by atoms with E-state index in [1.165, 1.54) is 0 Å². The van der Waals surface area contributed by atoms with Gasteiger partial charge in [0.1, 0.15) is 9.52 Å². The summed E-state index contributed by atoms with van der Waals surface area (Å²) in [5.41, 5.74) is 3.31. The molecule has 1 heteroatoms. The van der Waals surface area contributed by atoms with Crippen molar-refractivity contribution in [3.63, 3.8) is 0 Å². The molecule has 0 aromatic carbocycles. The Balaban J connectivity index is 3.67. The lowest BCUT2D eigenvalue weighted by atomic mass is 10.2. The van der Waals surface area contributed by atoms with Crippen molar-refractivity contribution in [2.24, 2.45) is 5.92 Å². The Morgan fingerprint density at radius 3 is 2.00 bits per heavy atom. The van der Waals surface area contributed by atoms with Gasteiger partial charge in [-0.1, -0.05) is 34.6 Å². The Morgan fingerprint density at radius 2 is 1.70 bits per heavy atom. The summed E-state index contributed by atoms with van der Waals surface area (Å²) in [5, 5.41) is 0.502. The van der Waals surface area contributed by atoms with Crippen molar-refractivity contribution >= 4 is 9.52 Å². The van der Waals surface area contributed by atoms with Crippen molar-refractivity contribution in [3.8, 4) is 11.5 Å². The molecular weight excluding hydrogens is 136 g/mol. The largest absolute Gasteiger partial charge is 0.139 e. The summed E-state index contributed by atoms with van der Waals surface area (Å²) < 4.78 is 0. The molecule has 0 saturated heterocycles. The molecule has 0 aliphatic rings. The molecule has 0 aliphatic heterocycles. The highest BCUT2D eigenvalue weighted by atomic mass is 28.2. The van der Waals surface area contributed by atoms with Gasteiger partial charge in [-0.2, -0.15) is 0 Å². The molecule has 58 valence electrons. The molecule has 0 amide bonds. The summed E-state index contributed by atoms with van der Waals surface area (Å²) in [4.78, 5) is 0. The average molecular weight is 154 g/mol. The second-order valence-corrected chi connectivity index (χ2v) is 7.04. The lowest BCUT2D eigenvalue weighted by molar-refractivity contribution is 0.760. The first-order chi connectivity index (χ1) is 4.42. The molecule has 0 spiro atoms. The smallest absolute Gasteiger partial charge is 0.112 e. The molecule has 0 N–H and O–H groups in total. The van der Waals surface area contributed by atoms with Crippen LogP contribution in [0.4, 0.5) is 0 Å². The van der Waals surface area contributed by atoms with Gasteiger partial charge in [-0.05, 0) is 5.04 Å². The second-order valence-electron chi connectivity index (χ2n) is 4.21. The number of hydrogen-bond donors (Lipinski definition) is 0. The maximum atomic E-state index is 3.31. The maximum Gasteiger partial charge on any atom is 0.112 e. The van der Waals surface area contributed by atoms with Crippen LogP contribution in [0.25, 0.3) is 0 Å². The van der Waals surface area contributed by atoms with Crippen molar-refractivity contribution in [2.75, 3.05) is 0 Å². The van der Waals surface area contributed by atoms with Crippen molar-refractivity contribution in [2.45, 2.75) is 39.7 Å². The van der Waals surface area contributed by atoms with Gasteiger partial charge in [-0.3, -0.25) is 0 Å². The van der Waals surface area contributed by atoms with E-state index in [2.05, 4.69) is 46.1 Å². The van der Waals surface area contributed by atoms with Gasteiger partial charge < -0.3 is 0 Å². The number of rotatable bonds is 0. The Bertz CT molecular complexity index is 140. The highest BCUT2D eigenvalue weighted by molar-refractivity contribution is 6.49. The van der Waals surface area contributed by atoms with Crippen LogP contribution in [-0.2, 0) is 0 Å². The Hall–Kier alpha value is -0.223. The zero-order valence-electron chi connectivity index (χ0n) is 7.78. The van der Waals surface area contributed by atoms with Gasteiger partial charge in [0.05, 0.1) is 0 Å². The summed E-state index contributed by atoms with van der Waals surface area (Å²) in [6.45, 7) is 11.1. The normalized spacial score (nSPS) is 12.2. The molecule has 0 aliphatic carbocycles. The summed E-state index contributed by atoms with van der Waals surface area (Å²) in [6, 6.07) is 0. The van der Waals surface area contributed by atoms with Crippen molar-refractivity contribution in [1.82, 2.24) is 0 Å². The molecule has 0 radical (unpaired) electrons. The van der Waals surface area contributed by atoms with Crippen molar-refractivity contribution in [3.05, 3.63) is 0 Å². The van der Waals surface area contributed by atoms with Gasteiger partial charge >= 0.3 is 0 Å². The topological polar surface area (TPSA) is 0 Å². The van der Waals surface area contributed by atoms with Crippen LogP contribution in [0.1, 0.15) is 34.6 Å². The van der Waals surface area contributed by atoms with Gasteiger partial charge in [-0.15, -0.1) is 11.5 Å². The molecule has 0 rings (SSSR count). The third-order valence-electron chi connectivity index (χ3n) is 1.01. The van der Waals surface area contributed by atoms with E-state index < -0.39 is 0 Å². The first kappa shape index (κ1) is 9.78. The Kier molecular flexibility index (Phi) is 3.74. The molecule has 0 aromatic heterocycles. The quantitative estimate of drug-likeness (QED) is 0.370. The van der Waals surface area contributed by atoms with Gasteiger partial charge in [0.25, 0.3) is 0 Å². The SMILES string of the molecule is CC(C)C#C[SiH2]C(C)(C)C. The van der Waals surface area contributed by atoms with Crippen LogP contribution in [0.5, 0.6) is 0 Å². The highest BCUT2D eigenvalue weighted by Crippen LogP contribution is 2.18. The van der Waals surface area contributed by atoms with E-state index in [0.29, 0.717) is 11.0 Å². The van der Waals surface area contributed by atoms with Crippen LogP contribution >= 0.6 is 0 Å². The van der Waals surface area contributed by atoms with Gasteiger partial charge in [0.15, 0.2) is 0 Å². The van der Waals surface area contributed by atoms with Crippen LogP contribution in [-0.4, -0.2) is 9.52 Å². The van der Waals surface area contributed by atoms with E-state index in [-0.39, 0.29) is 9.52 Å². The third-order valence-corrected chi connectivity index (χ3v) is 2.45. The fourth-order valence-corrected chi connectivity index (χ4v) is 1.56. The molecule has 10 heavy (non-hydrogen) atoms. The average Bonchev–Trinajstić information content (AvgIpc) is 1.59. The monoisotopic (exact) mass is 154 g/mol. The molecule has 0 nitrogen and oxygen atoms in total. The van der Waals surface area contributed by atoms with Crippen LogP contribution < -0.4 is 0 Å². The molecular formula is C9H18Si. The minimum absolute atomic E-state index is 0.154. The van der Waals surface area contributed by atoms with Crippen molar-refractivity contribution in [1.29, 1.82) is 0 Å². The van der Waals surface area contributed by atoms with E-state index in [1.807, 2.05) is 0 Å². The van der Waals surface area contributed by atoms with Crippen LogP contribution in [0.15, 0.2) is 0 Å². The molecule has 0 heterocycles. The summed E-state index contributed by atoms with van der Waals surface area (Å²) in [7, 11) is -0.154. The summed E-state index contributed by atoms with van der Waals surface area (Å²) >= 11 is 0. The van der Waals surface area contributed by atoms with Crippen LogP contribution in [0, 0.1) is 17.4 Å². The van der Waals surface area contributed by atoms with Crippen LogP contribution in [0.3, 0.4) is 0 Å². The third kappa shape index (κ3) is 7.78. The van der Waals surface area contributed by atoms with E-state index in [9.17, 15) is 0 Å². The van der Waals surface area contributed by atoms with E-state index in [0.717, 1.165) is 0 Å². The maximum absolute atomic E-state index is 3.31. The summed E-state index contributed by atoms with van der Waals surface area (Å²) in [6.07, 6.45) is 0. The lowest BCUT2D eigenvalue weighted by Crippen LogP contribution is -2.05. The minimum atomic E-state index is -0.154. The highest BCUT2D eigenvalue weighted by Gasteiger charge is 2.07. The summed E-state index contributed by atoms with van der Waals surface area (Å²) in [5.74, 6) is 3.76. The molecule has 0 fully saturated rings. The fraction of sp³-hybridized carbons (Fsp3) is 0.778. The van der Waals surface area contributed by atoms with E-state index >= 15 is 0 Å². The zero-order valence-corrected chi connectivity index (χ0v) is 9.20. The lowest BCUT2D eigenvalue weighted by Gasteiger charge is -2.11. The minimum Gasteiger partial charge on any atom is -0.139 e. The first-order valence-corrected chi connectivity index (χ1v) is 5.31. The molecule has 0 unspecified atom stereocenters. The van der Waals surface area contributed by atoms with Crippen molar-refractivity contribution < 1.29 is 0 Å². The molecule has 0 saturated carbocycles. The first-order valence-electron chi connectivity index (χ1n) is 3.90. The van der Waals surface area contributed by atoms with Crippen LogP contribution in [0.2, 0.25) is 5.04 Å². The van der Waals surface area contributed by atoms with E-state index in [4.69, 9.17) is 0 Å². The number of hydrogen-bond acceptors (Lipinski definition) is 0. The Labute approximate surface area is 67.2 Å². The standard InChI is InChI=1S/C9H18Si/c1-8(2)6-7-10-9(3,4)5/h8H,10H2,1-5H3.